The maximum absolute atomic E-state index is 12.3. The van der Waals surface area contributed by atoms with E-state index in [9.17, 15) is 9.59 Å². The quantitative estimate of drug-likeness (QED) is 0.916. The molecule has 114 valence electrons. The van der Waals surface area contributed by atoms with E-state index in [2.05, 4.69) is 15.4 Å². The second-order valence-electron chi connectivity index (χ2n) is 5.52. The molecule has 1 N–H and O–H groups in total. The Balaban J connectivity index is 1.81. The molecule has 22 heavy (non-hydrogen) atoms. The second-order valence-corrected chi connectivity index (χ2v) is 5.52. The fourth-order valence-electron chi connectivity index (χ4n) is 2.50. The first kappa shape index (κ1) is 14.2. The number of hydrogen-bond donors (Lipinski definition) is 1. The third kappa shape index (κ3) is 2.69. The summed E-state index contributed by atoms with van der Waals surface area (Å²) in [4.78, 5) is 29.5. The molecule has 0 aromatic carbocycles. The Hall–Kier alpha value is -2.70. The average molecular weight is 299 g/mol. The summed E-state index contributed by atoms with van der Waals surface area (Å²) in [5.41, 5.74) is 2.35. The number of nitrogens with zero attached hydrogens (tertiary/aromatic N) is 4. The van der Waals surface area contributed by atoms with Crippen LogP contribution in [0.1, 0.15) is 12.0 Å². The van der Waals surface area contributed by atoms with Gasteiger partial charge in [0.25, 0.3) is 0 Å². The van der Waals surface area contributed by atoms with E-state index in [1.54, 1.807) is 41.3 Å². The first-order valence-electron chi connectivity index (χ1n) is 7.05. The number of likely N-dealkylation sites (tertiary alicyclic amines) is 1. The van der Waals surface area contributed by atoms with Gasteiger partial charge in [0, 0.05) is 32.4 Å². The van der Waals surface area contributed by atoms with Gasteiger partial charge < -0.3 is 10.2 Å². The van der Waals surface area contributed by atoms with E-state index < -0.39 is 0 Å². The van der Waals surface area contributed by atoms with Gasteiger partial charge >= 0.3 is 0 Å². The molecule has 0 bridgehead atoms. The van der Waals surface area contributed by atoms with Crippen molar-refractivity contribution in [3.8, 4) is 5.69 Å². The molecule has 1 saturated heterocycles. The average Bonchev–Trinajstić information content (AvgIpc) is 3.06. The minimum atomic E-state index is -0.329. The number of aromatic nitrogens is 3. The number of nitrogens with one attached hydrogen (secondary N) is 1. The summed E-state index contributed by atoms with van der Waals surface area (Å²) < 4.78 is 1.69. The Morgan fingerprint density at radius 2 is 2.23 bits per heavy atom. The molecule has 3 rings (SSSR count). The maximum Gasteiger partial charge on any atom is 0.229 e. The first-order chi connectivity index (χ1) is 10.5. The van der Waals surface area contributed by atoms with E-state index in [1.165, 1.54) is 0 Å². The molecule has 7 nitrogen and oxygen atoms in total. The van der Waals surface area contributed by atoms with Gasteiger partial charge in [-0.1, -0.05) is 0 Å². The van der Waals surface area contributed by atoms with Crippen molar-refractivity contribution in [1.29, 1.82) is 0 Å². The van der Waals surface area contributed by atoms with Crippen LogP contribution in [0, 0.1) is 12.8 Å². The Morgan fingerprint density at radius 3 is 2.86 bits per heavy atom. The zero-order valence-electron chi connectivity index (χ0n) is 12.5. The number of rotatable bonds is 3. The highest BCUT2D eigenvalue weighted by molar-refractivity contribution is 5.98. The highest BCUT2D eigenvalue weighted by atomic mass is 16.2. The second kappa shape index (κ2) is 5.59. The van der Waals surface area contributed by atoms with Crippen LogP contribution in [0.5, 0.6) is 0 Å². The highest BCUT2D eigenvalue weighted by Gasteiger charge is 2.32. The number of anilines is 1. The molecule has 0 spiro atoms. The van der Waals surface area contributed by atoms with Gasteiger partial charge in [0.05, 0.1) is 29.7 Å². The molecule has 2 amide bonds. The topological polar surface area (TPSA) is 80.1 Å². The van der Waals surface area contributed by atoms with Gasteiger partial charge in [-0.3, -0.25) is 14.6 Å². The van der Waals surface area contributed by atoms with E-state index in [1.807, 2.05) is 13.1 Å². The van der Waals surface area contributed by atoms with Crippen molar-refractivity contribution in [3.05, 3.63) is 36.4 Å². The molecule has 1 aliphatic rings. The zero-order valence-corrected chi connectivity index (χ0v) is 12.5. The molecular weight excluding hydrogens is 282 g/mol. The van der Waals surface area contributed by atoms with E-state index in [0.29, 0.717) is 12.2 Å². The molecule has 2 aromatic rings. The number of pyridine rings is 1. The summed E-state index contributed by atoms with van der Waals surface area (Å²) in [5.74, 6) is -0.505. The van der Waals surface area contributed by atoms with Crippen molar-refractivity contribution in [2.75, 3.05) is 18.9 Å². The standard InChI is InChI=1S/C15H17N5O2/c1-10-6-17-20(8-10)13-3-4-16-7-12(13)18-15(22)11-5-14(21)19(2)9-11/h3-4,6-8,11H,5,9H2,1-2H3,(H,18,22). The molecule has 0 saturated carbocycles. The van der Waals surface area contributed by atoms with E-state index in [0.717, 1.165) is 11.3 Å². The monoisotopic (exact) mass is 299 g/mol. The van der Waals surface area contributed by atoms with Gasteiger partial charge in [0.2, 0.25) is 11.8 Å². The third-order valence-electron chi connectivity index (χ3n) is 3.73. The molecule has 0 aliphatic carbocycles. The summed E-state index contributed by atoms with van der Waals surface area (Å²) in [7, 11) is 1.71. The van der Waals surface area contributed by atoms with Crippen molar-refractivity contribution < 1.29 is 9.59 Å². The van der Waals surface area contributed by atoms with Crippen LogP contribution in [0.25, 0.3) is 5.69 Å². The Kier molecular flexibility index (Phi) is 3.62. The van der Waals surface area contributed by atoms with Crippen LogP contribution in [0.3, 0.4) is 0 Å². The molecule has 1 unspecified atom stereocenters. The number of aryl methyl sites for hydroxylation is 1. The van der Waals surface area contributed by atoms with Crippen molar-refractivity contribution in [2.24, 2.45) is 5.92 Å². The summed E-state index contributed by atoms with van der Waals surface area (Å²) in [6.45, 7) is 2.39. The van der Waals surface area contributed by atoms with Crippen molar-refractivity contribution in [1.82, 2.24) is 19.7 Å². The third-order valence-corrected chi connectivity index (χ3v) is 3.73. The van der Waals surface area contributed by atoms with E-state index in [4.69, 9.17) is 0 Å². The highest BCUT2D eigenvalue weighted by Crippen LogP contribution is 2.22. The molecule has 3 heterocycles. The number of hydrogen-bond acceptors (Lipinski definition) is 4. The fourth-order valence-corrected chi connectivity index (χ4v) is 2.50. The van der Waals surface area contributed by atoms with Crippen LogP contribution in [-0.4, -0.2) is 45.1 Å². The summed E-state index contributed by atoms with van der Waals surface area (Å²) in [6.07, 6.45) is 7.10. The Labute approximate surface area is 127 Å². The molecule has 1 atom stereocenters. The SMILES string of the molecule is Cc1cnn(-c2ccncc2NC(=O)C2CC(=O)N(C)C2)c1. The summed E-state index contributed by atoms with van der Waals surface area (Å²) in [5, 5.41) is 7.11. The Bertz CT molecular complexity index is 724. The predicted molar refractivity (Wildman–Crippen MR) is 80.5 cm³/mol. The molecule has 1 fully saturated rings. The minimum Gasteiger partial charge on any atom is -0.345 e. The lowest BCUT2D eigenvalue weighted by atomic mass is 10.1. The van der Waals surface area contributed by atoms with E-state index in [-0.39, 0.29) is 24.2 Å². The van der Waals surface area contributed by atoms with Gasteiger partial charge in [0.1, 0.15) is 0 Å². The van der Waals surface area contributed by atoms with Crippen LogP contribution in [0.15, 0.2) is 30.9 Å². The van der Waals surface area contributed by atoms with Crippen molar-refractivity contribution >= 4 is 17.5 Å². The lowest BCUT2D eigenvalue weighted by Gasteiger charge is -2.13. The maximum atomic E-state index is 12.3. The summed E-state index contributed by atoms with van der Waals surface area (Å²) in [6, 6.07) is 1.79. The largest absolute Gasteiger partial charge is 0.345 e. The van der Waals surface area contributed by atoms with Crippen LogP contribution >= 0.6 is 0 Å². The number of carbonyl (C=O) groups excluding carboxylic acids is 2. The lowest BCUT2D eigenvalue weighted by Crippen LogP contribution is -2.26. The molecular formula is C15H17N5O2. The smallest absolute Gasteiger partial charge is 0.229 e. The van der Waals surface area contributed by atoms with Gasteiger partial charge in [-0.25, -0.2) is 4.68 Å². The van der Waals surface area contributed by atoms with Gasteiger partial charge in [-0.05, 0) is 18.6 Å². The van der Waals surface area contributed by atoms with Crippen LogP contribution in [0.4, 0.5) is 5.69 Å². The minimum absolute atomic E-state index is 0.00531. The number of carbonyl (C=O) groups is 2. The molecule has 1 aliphatic heterocycles. The fraction of sp³-hybridized carbons (Fsp3) is 0.333. The predicted octanol–water partition coefficient (Wildman–Crippen LogP) is 0.993. The molecule has 0 radical (unpaired) electrons. The lowest BCUT2D eigenvalue weighted by molar-refractivity contribution is -0.127. The normalized spacial score (nSPS) is 17.8. The van der Waals surface area contributed by atoms with Crippen molar-refractivity contribution in [3.63, 3.8) is 0 Å². The first-order valence-corrected chi connectivity index (χ1v) is 7.05. The zero-order chi connectivity index (χ0) is 15.7. The molecule has 7 heteroatoms. The number of amides is 2. The van der Waals surface area contributed by atoms with Crippen LogP contribution in [-0.2, 0) is 9.59 Å². The van der Waals surface area contributed by atoms with Crippen molar-refractivity contribution in [2.45, 2.75) is 13.3 Å². The molecule has 2 aromatic heterocycles. The van der Waals surface area contributed by atoms with Crippen LogP contribution < -0.4 is 5.32 Å². The van der Waals surface area contributed by atoms with Gasteiger partial charge in [0.15, 0.2) is 0 Å². The van der Waals surface area contributed by atoms with Gasteiger partial charge in [-0.15, -0.1) is 0 Å². The van der Waals surface area contributed by atoms with E-state index >= 15 is 0 Å². The summed E-state index contributed by atoms with van der Waals surface area (Å²) >= 11 is 0. The van der Waals surface area contributed by atoms with Crippen LogP contribution in [0.2, 0.25) is 0 Å². The van der Waals surface area contributed by atoms with Gasteiger partial charge in [-0.2, -0.15) is 5.10 Å². The Morgan fingerprint density at radius 1 is 1.41 bits per heavy atom.